The van der Waals surface area contributed by atoms with Gasteiger partial charge in [-0.2, -0.15) is 0 Å². The Morgan fingerprint density at radius 1 is 1.17 bits per heavy atom. The van der Waals surface area contributed by atoms with E-state index in [-0.39, 0.29) is 18.2 Å². The number of nitrogens with one attached hydrogen (secondary N) is 1. The van der Waals surface area contributed by atoms with Gasteiger partial charge < -0.3 is 15.0 Å². The van der Waals surface area contributed by atoms with Crippen molar-refractivity contribution >= 4 is 23.5 Å². The van der Waals surface area contributed by atoms with Crippen LogP contribution < -0.4 is 5.32 Å². The Balaban J connectivity index is 1.83. The maximum atomic E-state index is 12.1. The molecule has 1 aromatic rings. The quantitative estimate of drug-likeness (QED) is 0.839. The van der Waals surface area contributed by atoms with Gasteiger partial charge in [0.15, 0.2) is 6.10 Å². The number of carbonyl (C=O) groups is 3. The van der Waals surface area contributed by atoms with Crippen LogP contribution in [0.4, 0.5) is 5.69 Å². The first-order chi connectivity index (χ1) is 11.0. The number of benzene rings is 1. The van der Waals surface area contributed by atoms with Crippen LogP contribution in [-0.4, -0.2) is 41.9 Å². The lowest BCUT2D eigenvalue weighted by atomic mass is 10.1. The second-order valence-corrected chi connectivity index (χ2v) is 5.72. The van der Waals surface area contributed by atoms with E-state index in [9.17, 15) is 14.4 Å². The van der Waals surface area contributed by atoms with E-state index >= 15 is 0 Å². The molecule has 2 rings (SSSR count). The molecule has 1 aliphatic rings. The summed E-state index contributed by atoms with van der Waals surface area (Å²) >= 11 is 0. The fourth-order valence-electron chi connectivity index (χ4n) is 2.56. The topological polar surface area (TPSA) is 75.7 Å². The van der Waals surface area contributed by atoms with Gasteiger partial charge in [0.05, 0.1) is 6.42 Å². The molecule has 0 aliphatic carbocycles. The molecular formula is C17H22N2O4. The van der Waals surface area contributed by atoms with Crippen molar-refractivity contribution < 1.29 is 19.1 Å². The van der Waals surface area contributed by atoms with Gasteiger partial charge in [-0.1, -0.05) is 12.1 Å². The zero-order valence-electron chi connectivity index (χ0n) is 13.5. The first-order valence-electron chi connectivity index (χ1n) is 7.80. The Kier molecular flexibility index (Phi) is 5.73. The molecule has 1 aromatic carbocycles. The minimum Gasteiger partial charge on any atom is -0.452 e. The smallest absolute Gasteiger partial charge is 0.311 e. The van der Waals surface area contributed by atoms with Crippen molar-refractivity contribution in [3.05, 3.63) is 29.8 Å². The molecule has 0 unspecified atom stereocenters. The Bertz CT molecular complexity index is 577. The SMILES string of the molecule is CC(=O)Nc1ccc(CC(=O)O[C@@H](C)C(=O)N2CCCC2)cc1. The second kappa shape index (κ2) is 7.76. The van der Waals surface area contributed by atoms with E-state index in [1.54, 1.807) is 36.1 Å². The zero-order valence-corrected chi connectivity index (χ0v) is 13.5. The van der Waals surface area contributed by atoms with E-state index in [1.807, 2.05) is 0 Å². The number of amides is 2. The Morgan fingerprint density at radius 3 is 2.35 bits per heavy atom. The molecular weight excluding hydrogens is 296 g/mol. The molecule has 0 aromatic heterocycles. The summed E-state index contributed by atoms with van der Waals surface area (Å²) in [7, 11) is 0. The van der Waals surface area contributed by atoms with E-state index in [0.29, 0.717) is 5.69 Å². The van der Waals surface area contributed by atoms with Gasteiger partial charge in [-0.25, -0.2) is 0 Å². The van der Waals surface area contributed by atoms with Crippen LogP contribution in [0.5, 0.6) is 0 Å². The predicted molar refractivity (Wildman–Crippen MR) is 85.8 cm³/mol. The summed E-state index contributed by atoms with van der Waals surface area (Å²) in [6.07, 6.45) is 1.36. The van der Waals surface area contributed by atoms with Gasteiger partial charge in [0.2, 0.25) is 5.91 Å². The maximum absolute atomic E-state index is 12.1. The van der Waals surface area contributed by atoms with Crippen LogP contribution in [0.2, 0.25) is 0 Å². The lowest BCUT2D eigenvalue weighted by molar-refractivity contribution is -0.158. The molecule has 1 heterocycles. The van der Waals surface area contributed by atoms with Gasteiger partial charge in [0.1, 0.15) is 0 Å². The summed E-state index contributed by atoms with van der Waals surface area (Å²) in [4.78, 5) is 36.7. The fourth-order valence-corrected chi connectivity index (χ4v) is 2.56. The molecule has 1 aliphatic heterocycles. The predicted octanol–water partition coefficient (Wildman–Crippen LogP) is 1.74. The summed E-state index contributed by atoms with van der Waals surface area (Å²) in [6, 6.07) is 6.95. The summed E-state index contributed by atoms with van der Waals surface area (Å²) in [5.41, 5.74) is 1.44. The number of hydrogen-bond donors (Lipinski definition) is 1. The number of esters is 1. The highest BCUT2D eigenvalue weighted by atomic mass is 16.5. The number of ether oxygens (including phenoxy) is 1. The van der Waals surface area contributed by atoms with Crippen LogP contribution in [0.25, 0.3) is 0 Å². The monoisotopic (exact) mass is 318 g/mol. The molecule has 0 bridgehead atoms. The molecule has 0 spiro atoms. The molecule has 2 amide bonds. The number of nitrogens with zero attached hydrogens (tertiary/aromatic N) is 1. The lowest BCUT2D eigenvalue weighted by Gasteiger charge is -2.20. The molecule has 6 nitrogen and oxygen atoms in total. The van der Waals surface area contributed by atoms with Crippen molar-refractivity contribution in [1.82, 2.24) is 4.90 Å². The van der Waals surface area contributed by atoms with Crippen LogP contribution in [0.3, 0.4) is 0 Å². The minimum absolute atomic E-state index is 0.0952. The van der Waals surface area contributed by atoms with Gasteiger partial charge in [-0.05, 0) is 37.5 Å². The van der Waals surface area contributed by atoms with Crippen molar-refractivity contribution in [3.8, 4) is 0 Å². The highest BCUT2D eigenvalue weighted by Crippen LogP contribution is 2.13. The summed E-state index contributed by atoms with van der Waals surface area (Å²) in [6.45, 7) is 4.53. The molecule has 0 radical (unpaired) electrons. The van der Waals surface area contributed by atoms with E-state index in [2.05, 4.69) is 5.32 Å². The van der Waals surface area contributed by atoms with Gasteiger partial charge in [-0.15, -0.1) is 0 Å². The molecule has 1 fully saturated rings. The maximum Gasteiger partial charge on any atom is 0.311 e. The molecule has 1 saturated heterocycles. The number of likely N-dealkylation sites (tertiary alicyclic amines) is 1. The van der Waals surface area contributed by atoms with E-state index in [0.717, 1.165) is 31.5 Å². The third-order valence-electron chi connectivity index (χ3n) is 3.70. The van der Waals surface area contributed by atoms with Crippen molar-refractivity contribution in [2.75, 3.05) is 18.4 Å². The number of carbonyl (C=O) groups excluding carboxylic acids is 3. The Labute approximate surface area is 135 Å². The van der Waals surface area contributed by atoms with E-state index < -0.39 is 12.1 Å². The molecule has 1 N–H and O–H groups in total. The van der Waals surface area contributed by atoms with E-state index in [4.69, 9.17) is 4.74 Å². The lowest BCUT2D eigenvalue weighted by Crippen LogP contribution is -2.38. The molecule has 6 heteroatoms. The van der Waals surface area contributed by atoms with Crippen molar-refractivity contribution in [2.45, 2.75) is 39.2 Å². The van der Waals surface area contributed by atoms with Crippen LogP contribution in [0, 0.1) is 0 Å². The van der Waals surface area contributed by atoms with E-state index in [1.165, 1.54) is 6.92 Å². The molecule has 1 atom stereocenters. The Hall–Kier alpha value is -2.37. The van der Waals surface area contributed by atoms with Crippen LogP contribution in [-0.2, 0) is 25.5 Å². The highest BCUT2D eigenvalue weighted by molar-refractivity contribution is 5.88. The average Bonchev–Trinajstić information content (AvgIpc) is 3.02. The van der Waals surface area contributed by atoms with Crippen molar-refractivity contribution in [3.63, 3.8) is 0 Å². The Morgan fingerprint density at radius 2 is 1.78 bits per heavy atom. The first kappa shape index (κ1) is 17.0. The fraction of sp³-hybridized carbons (Fsp3) is 0.471. The normalized spacial score (nSPS) is 15.1. The van der Waals surface area contributed by atoms with Crippen molar-refractivity contribution in [2.24, 2.45) is 0 Å². The third-order valence-corrected chi connectivity index (χ3v) is 3.70. The summed E-state index contributed by atoms with van der Waals surface area (Å²) < 4.78 is 5.22. The number of anilines is 1. The van der Waals surface area contributed by atoms with Gasteiger partial charge in [0, 0.05) is 25.7 Å². The third kappa shape index (κ3) is 5.09. The minimum atomic E-state index is -0.751. The van der Waals surface area contributed by atoms with Gasteiger partial charge in [-0.3, -0.25) is 14.4 Å². The van der Waals surface area contributed by atoms with Gasteiger partial charge in [0.25, 0.3) is 5.91 Å². The summed E-state index contributed by atoms with van der Waals surface area (Å²) in [5, 5.41) is 2.66. The summed E-state index contributed by atoms with van der Waals surface area (Å²) in [5.74, 6) is -0.708. The number of hydrogen-bond acceptors (Lipinski definition) is 4. The van der Waals surface area contributed by atoms with Gasteiger partial charge >= 0.3 is 5.97 Å². The first-order valence-corrected chi connectivity index (χ1v) is 7.80. The van der Waals surface area contributed by atoms with Crippen LogP contribution in [0.15, 0.2) is 24.3 Å². The average molecular weight is 318 g/mol. The standard InChI is InChI=1S/C17H22N2O4/c1-12(17(22)19-9-3-4-10-19)23-16(21)11-14-5-7-15(8-6-14)18-13(2)20/h5-8,12H,3-4,9-11H2,1-2H3,(H,18,20)/t12-/m0/s1. The zero-order chi connectivity index (χ0) is 16.8. The highest BCUT2D eigenvalue weighted by Gasteiger charge is 2.25. The molecule has 23 heavy (non-hydrogen) atoms. The van der Waals surface area contributed by atoms with Crippen LogP contribution in [0.1, 0.15) is 32.3 Å². The van der Waals surface area contributed by atoms with Crippen LogP contribution >= 0.6 is 0 Å². The largest absolute Gasteiger partial charge is 0.452 e. The van der Waals surface area contributed by atoms with Crippen molar-refractivity contribution in [1.29, 1.82) is 0 Å². The molecule has 124 valence electrons. The molecule has 0 saturated carbocycles. The number of rotatable bonds is 5. The second-order valence-electron chi connectivity index (χ2n) is 5.72.